The molecule has 2 rings (SSSR count). The minimum Gasteiger partial charge on any atom is -0.497 e. The number of esters is 1. The van der Waals surface area contributed by atoms with Crippen molar-refractivity contribution in [1.29, 1.82) is 0 Å². The lowest BCUT2D eigenvalue weighted by Crippen LogP contribution is -2.08. The Bertz CT molecular complexity index is 525. The van der Waals surface area contributed by atoms with Crippen molar-refractivity contribution in [1.82, 2.24) is 0 Å². The van der Waals surface area contributed by atoms with Gasteiger partial charge in [0.15, 0.2) is 0 Å². The molecule has 108 valence electrons. The topological polar surface area (TPSA) is 54.0 Å². The van der Waals surface area contributed by atoms with Crippen LogP contribution in [0.1, 0.15) is 18.4 Å². The molecule has 5 heteroatoms. The molecular formula is C15H18O5. The lowest BCUT2D eigenvalue weighted by molar-refractivity contribution is -0.133. The van der Waals surface area contributed by atoms with Crippen molar-refractivity contribution < 1.29 is 23.7 Å². The summed E-state index contributed by atoms with van der Waals surface area (Å²) in [5.74, 6) is 1.42. The highest BCUT2D eigenvalue weighted by molar-refractivity contribution is 6.18. The molecule has 0 bridgehead atoms. The lowest BCUT2D eigenvalue weighted by atomic mass is 10.0. The predicted octanol–water partition coefficient (Wildman–Crippen LogP) is 2.40. The fraction of sp³-hybridized carbons (Fsp3) is 0.400. The maximum absolute atomic E-state index is 12.1. The molecule has 1 fully saturated rings. The molecule has 0 radical (unpaired) electrons. The molecule has 1 saturated heterocycles. The third kappa shape index (κ3) is 2.71. The average molecular weight is 278 g/mol. The molecule has 5 nitrogen and oxygen atoms in total. The number of carbonyl (C=O) groups excluding carboxylic acids is 1. The number of allylic oxidation sites excluding steroid dienone is 1. The minimum atomic E-state index is -0.437. The van der Waals surface area contributed by atoms with Gasteiger partial charge in [0.2, 0.25) is 0 Å². The zero-order chi connectivity index (χ0) is 14.5. The Morgan fingerprint density at radius 1 is 1.20 bits per heavy atom. The van der Waals surface area contributed by atoms with Crippen molar-refractivity contribution in [3.05, 3.63) is 29.5 Å². The van der Waals surface area contributed by atoms with E-state index < -0.39 is 5.97 Å². The van der Waals surface area contributed by atoms with Gasteiger partial charge in [-0.15, -0.1) is 0 Å². The van der Waals surface area contributed by atoms with Crippen molar-refractivity contribution in [2.45, 2.75) is 12.8 Å². The molecule has 0 amide bonds. The van der Waals surface area contributed by atoms with Gasteiger partial charge >= 0.3 is 5.97 Å². The van der Waals surface area contributed by atoms with Crippen LogP contribution < -0.4 is 9.47 Å². The Morgan fingerprint density at radius 3 is 2.55 bits per heavy atom. The summed E-state index contributed by atoms with van der Waals surface area (Å²) in [6, 6.07) is 5.28. The van der Waals surface area contributed by atoms with E-state index in [0.29, 0.717) is 41.4 Å². The number of hydrogen-bond acceptors (Lipinski definition) is 5. The number of rotatable bonds is 4. The summed E-state index contributed by atoms with van der Waals surface area (Å²) in [6.07, 6.45) is 1.60. The molecule has 0 unspecified atom stereocenters. The molecule has 0 N–H and O–H groups in total. The van der Waals surface area contributed by atoms with E-state index in [1.54, 1.807) is 32.4 Å². The first-order valence-electron chi connectivity index (χ1n) is 6.38. The van der Waals surface area contributed by atoms with Crippen LogP contribution in [0, 0.1) is 0 Å². The van der Waals surface area contributed by atoms with E-state index in [-0.39, 0.29) is 0 Å². The molecule has 0 aromatic heterocycles. The molecule has 0 spiro atoms. The summed E-state index contributed by atoms with van der Waals surface area (Å²) < 4.78 is 21.0. The molecule has 0 aliphatic carbocycles. The van der Waals surface area contributed by atoms with Crippen LogP contribution in [0.4, 0.5) is 0 Å². The van der Waals surface area contributed by atoms with Crippen LogP contribution in [0.25, 0.3) is 5.57 Å². The molecule has 1 heterocycles. The SMILES string of the molecule is COC(=O)/C(=C1\CCCO1)c1cc(OC)ccc1OC. The van der Waals surface area contributed by atoms with Gasteiger partial charge in [-0.2, -0.15) is 0 Å². The molecule has 1 aromatic rings. The molecule has 1 aliphatic heterocycles. The van der Waals surface area contributed by atoms with Crippen LogP contribution in [0.5, 0.6) is 11.5 Å². The van der Waals surface area contributed by atoms with Crippen LogP contribution in [0.3, 0.4) is 0 Å². The number of carbonyl (C=O) groups is 1. The summed E-state index contributed by atoms with van der Waals surface area (Å²) in [4.78, 5) is 12.1. The predicted molar refractivity (Wildman–Crippen MR) is 73.7 cm³/mol. The minimum absolute atomic E-state index is 0.403. The molecule has 0 atom stereocenters. The monoisotopic (exact) mass is 278 g/mol. The second-order valence-corrected chi connectivity index (χ2v) is 4.31. The summed E-state index contributed by atoms with van der Waals surface area (Å²) in [5, 5.41) is 0. The Morgan fingerprint density at radius 2 is 2.00 bits per heavy atom. The third-order valence-corrected chi connectivity index (χ3v) is 3.17. The molecule has 0 saturated carbocycles. The van der Waals surface area contributed by atoms with Crippen molar-refractivity contribution in [3.8, 4) is 11.5 Å². The fourth-order valence-corrected chi connectivity index (χ4v) is 2.18. The maximum atomic E-state index is 12.1. The zero-order valence-electron chi connectivity index (χ0n) is 11.9. The maximum Gasteiger partial charge on any atom is 0.342 e. The Labute approximate surface area is 118 Å². The van der Waals surface area contributed by atoms with Crippen LogP contribution in [-0.4, -0.2) is 33.9 Å². The van der Waals surface area contributed by atoms with E-state index >= 15 is 0 Å². The fourth-order valence-electron chi connectivity index (χ4n) is 2.18. The summed E-state index contributed by atoms with van der Waals surface area (Å²) >= 11 is 0. The van der Waals surface area contributed by atoms with E-state index in [2.05, 4.69) is 0 Å². The van der Waals surface area contributed by atoms with Crippen molar-refractivity contribution in [2.24, 2.45) is 0 Å². The summed E-state index contributed by atoms with van der Waals surface area (Å²) in [5.41, 5.74) is 1.02. The highest BCUT2D eigenvalue weighted by atomic mass is 16.5. The normalized spacial score (nSPS) is 16.4. The quantitative estimate of drug-likeness (QED) is 0.625. The Hall–Kier alpha value is -2.17. The van der Waals surface area contributed by atoms with Crippen LogP contribution in [0.2, 0.25) is 0 Å². The number of benzene rings is 1. The number of methoxy groups -OCH3 is 3. The van der Waals surface area contributed by atoms with E-state index in [1.165, 1.54) is 7.11 Å². The lowest BCUT2D eigenvalue weighted by Gasteiger charge is -2.14. The van der Waals surface area contributed by atoms with Gasteiger partial charge in [-0.25, -0.2) is 4.79 Å². The largest absolute Gasteiger partial charge is 0.497 e. The second-order valence-electron chi connectivity index (χ2n) is 4.31. The Kier molecular flexibility index (Phi) is 4.50. The first kappa shape index (κ1) is 14.2. The van der Waals surface area contributed by atoms with Gasteiger partial charge in [0.05, 0.1) is 27.9 Å². The van der Waals surface area contributed by atoms with Crippen molar-refractivity contribution in [3.63, 3.8) is 0 Å². The summed E-state index contributed by atoms with van der Waals surface area (Å²) in [6.45, 7) is 0.613. The highest BCUT2D eigenvalue weighted by Gasteiger charge is 2.25. The van der Waals surface area contributed by atoms with Gasteiger partial charge in [0, 0.05) is 12.0 Å². The van der Waals surface area contributed by atoms with Gasteiger partial charge in [0.1, 0.15) is 22.8 Å². The van der Waals surface area contributed by atoms with Crippen LogP contribution in [-0.2, 0) is 14.3 Å². The number of hydrogen-bond donors (Lipinski definition) is 0. The molecule has 20 heavy (non-hydrogen) atoms. The van der Waals surface area contributed by atoms with Crippen LogP contribution >= 0.6 is 0 Å². The summed E-state index contributed by atoms with van der Waals surface area (Å²) in [7, 11) is 4.48. The molecule has 1 aliphatic rings. The van der Waals surface area contributed by atoms with E-state index in [4.69, 9.17) is 18.9 Å². The molecule has 1 aromatic carbocycles. The van der Waals surface area contributed by atoms with Crippen LogP contribution in [0.15, 0.2) is 24.0 Å². The molecular weight excluding hydrogens is 260 g/mol. The van der Waals surface area contributed by atoms with Gasteiger partial charge in [0.25, 0.3) is 0 Å². The first-order valence-corrected chi connectivity index (χ1v) is 6.38. The standard InChI is InChI=1S/C15H18O5/c1-17-10-6-7-12(18-2)11(9-10)14(15(16)19-3)13-5-4-8-20-13/h6-7,9H,4-5,8H2,1-3H3/b14-13+. The highest BCUT2D eigenvalue weighted by Crippen LogP contribution is 2.35. The van der Waals surface area contributed by atoms with Gasteiger partial charge in [-0.05, 0) is 24.6 Å². The third-order valence-electron chi connectivity index (χ3n) is 3.17. The van der Waals surface area contributed by atoms with Crippen molar-refractivity contribution in [2.75, 3.05) is 27.9 Å². The second kappa shape index (κ2) is 6.32. The number of ether oxygens (including phenoxy) is 4. The van der Waals surface area contributed by atoms with Gasteiger partial charge in [-0.3, -0.25) is 0 Å². The van der Waals surface area contributed by atoms with E-state index in [0.717, 1.165) is 6.42 Å². The van der Waals surface area contributed by atoms with E-state index in [1.807, 2.05) is 0 Å². The first-order chi connectivity index (χ1) is 9.71. The average Bonchev–Trinajstić information content (AvgIpc) is 3.01. The van der Waals surface area contributed by atoms with Gasteiger partial charge in [-0.1, -0.05) is 0 Å². The van der Waals surface area contributed by atoms with Gasteiger partial charge < -0.3 is 18.9 Å². The zero-order valence-corrected chi connectivity index (χ0v) is 11.9. The van der Waals surface area contributed by atoms with E-state index in [9.17, 15) is 4.79 Å². The van der Waals surface area contributed by atoms with Crippen molar-refractivity contribution >= 4 is 11.5 Å². The Balaban J connectivity index is 2.59. The smallest absolute Gasteiger partial charge is 0.342 e.